The van der Waals surface area contributed by atoms with E-state index in [0.717, 1.165) is 22.3 Å². The first-order valence-electron chi connectivity index (χ1n) is 10.8. The molecule has 0 unspecified atom stereocenters. The van der Waals surface area contributed by atoms with Crippen molar-refractivity contribution in [3.63, 3.8) is 0 Å². The highest BCUT2D eigenvalue weighted by atomic mass is 32.2. The maximum absolute atomic E-state index is 12.5. The smallest absolute Gasteiger partial charge is 0.229 e. The van der Waals surface area contributed by atoms with E-state index in [2.05, 4.69) is 10.3 Å². The minimum Gasteiger partial charge on any atom is -0.472 e. The largest absolute Gasteiger partial charge is 0.472 e. The van der Waals surface area contributed by atoms with Gasteiger partial charge < -0.3 is 10.1 Å². The molecule has 0 aliphatic carbocycles. The van der Waals surface area contributed by atoms with E-state index in [1.165, 1.54) is 11.3 Å². The number of sulfone groups is 1. The van der Waals surface area contributed by atoms with E-state index >= 15 is 0 Å². The van der Waals surface area contributed by atoms with Gasteiger partial charge in [0.15, 0.2) is 9.84 Å². The van der Waals surface area contributed by atoms with Gasteiger partial charge in [0.2, 0.25) is 11.8 Å². The average molecular weight is 493 g/mol. The van der Waals surface area contributed by atoms with Gasteiger partial charge in [0, 0.05) is 17.1 Å². The van der Waals surface area contributed by atoms with Crippen molar-refractivity contribution in [1.29, 1.82) is 0 Å². The Kier molecular flexibility index (Phi) is 7.40. The highest BCUT2D eigenvalue weighted by Gasteiger charge is 2.14. The fourth-order valence-electron chi connectivity index (χ4n) is 3.34. The lowest BCUT2D eigenvalue weighted by molar-refractivity contribution is -0.115. The number of rotatable bonds is 9. The number of ether oxygens (including phenoxy) is 1. The molecule has 0 atom stereocenters. The van der Waals surface area contributed by atoms with E-state index in [1.807, 2.05) is 53.9 Å². The minimum atomic E-state index is -3.25. The molecule has 4 rings (SSSR count). The molecule has 34 heavy (non-hydrogen) atoms. The van der Waals surface area contributed by atoms with E-state index in [1.54, 1.807) is 37.4 Å². The van der Waals surface area contributed by atoms with Gasteiger partial charge in [-0.3, -0.25) is 4.79 Å². The average Bonchev–Trinajstić information content (AvgIpc) is 3.32. The second kappa shape index (κ2) is 10.6. The lowest BCUT2D eigenvalue weighted by Gasteiger charge is -2.09. The molecule has 2 aromatic heterocycles. The van der Waals surface area contributed by atoms with E-state index in [4.69, 9.17) is 4.74 Å². The lowest BCUT2D eigenvalue weighted by Crippen LogP contribution is -2.13. The summed E-state index contributed by atoms with van der Waals surface area (Å²) >= 11 is 1.42. The van der Waals surface area contributed by atoms with Gasteiger partial charge >= 0.3 is 0 Å². The molecule has 0 radical (unpaired) electrons. The molecule has 0 bridgehead atoms. The summed E-state index contributed by atoms with van der Waals surface area (Å²) in [6, 6.07) is 22.0. The number of benzene rings is 2. The molecule has 174 valence electrons. The van der Waals surface area contributed by atoms with Crippen molar-refractivity contribution in [2.45, 2.75) is 24.8 Å². The van der Waals surface area contributed by atoms with E-state index in [0.29, 0.717) is 17.5 Å². The van der Waals surface area contributed by atoms with Crippen LogP contribution in [0.25, 0.3) is 11.1 Å². The summed E-state index contributed by atoms with van der Waals surface area (Å²) in [4.78, 5) is 17.2. The van der Waals surface area contributed by atoms with Gasteiger partial charge in [-0.15, -0.1) is 11.3 Å². The van der Waals surface area contributed by atoms with Crippen LogP contribution < -0.4 is 10.1 Å². The van der Waals surface area contributed by atoms with Crippen LogP contribution in [0, 0.1) is 0 Å². The van der Waals surface area contributed by atoms with Crippen molar-refractivity contribution in [3.8, 4) is 17.0 Å². The van der Waals surface area contributed by atoms with Crippen LogP contribution in [0.5, 0.6) is 5.88 Å². The summed E-state index contributed by atoms with van der Waals surface area (Å²) in [5.74, 6) is 0.402. The van der Waals surface area contributed by atoms with Gasteiger partial charge in [-0.1, -0.05) is 49.4 Å². The van der Waals surface area contributed by atoms with E-state index in [9.17, 15) is 13.2 Å². The number of nitrogens with zero attached hydrogens (tertiary/aromatic N) is 1. The number of hydrogen-bond donors (Lipinski definition) is 1. The number of amides is 1. The third kappa shape index (κ3) is 5.89. The monoisotopic (exact) mass is 492 g/mol. The van der Waals surface area contributed by atoms with Crippen LogP contribution in [0.2, 0.25) is 0 Å². The molecule has 8 heteroatoms. The number of nitrogens with one attached hydrogen (secondary N) is 1. The van der Waals surface area contributed by atoms with Crippen LogP contribution in [-0.2, 0) is 27.7 Å². The number of pyridine rings is 1. The fraction of sp³-hybridized carbons (Fsp3) is 0.154. The predicted molar refractivity (Wildman–Crippen MR) is 135 cm³/mol. The molecule has 6 nitrogen and oxygen atoms in total. The van der Waals surface area contributed by atoms with Crippen molar-refractivity contribution >= 4 is 32.1 Å². The minimum absolute atomic E-state index is 0.0451. The number of carbonyl (C=O) groups excluding carboxylic acids is 1. The fourth-order valence-corrected chi connectivity index (χ4v) is 5.04. The van der Waals surface area contributed by atoms with Gasteiger partial charge in [0.05, 0.1) is 22.1 Å². The standard InChI is InChI=1S/C26H24N2O4S2/c1-2-34(30,31)22-12-10-19(11-13-22)15-24(29)28-25-16-21(18-33-25)23-9-6-14-27-26(23)32-17-20-7-4-3-5-8-20/h3-14,16,18H,2,15,17H2,1H3,(H,28,29). The highest BCUT2D eigenvalue weighted by Crippen LogP contribution is 2.34. The van der Waals surface area contributed by atoms with E-state index in [-0.39, 0.29) is 23.0 Å². The topological polar surface area (TPSA) is 85.4 Å². The third-order valence-electron chi connectivity index (χ3n) is 5.19. The SMILES string of the molecule is CCS(=O)(=O)c1ccc(CC(=O)Nc2cc(-c3cccnc3OCc3ccccc3)cs2)cc1. The van der Waals surface area contributed by atoms with Gasteiger partial charge in [0.1, 0.15) is 6.61 Å². The first-order valence-corrected chi connectivity index (χ1v) is 13.3. The van der Waals surface area contributed by atoms with Gasteiger partial charge in [0.25, 0.3) is 0 Å². The first-order chi connectivity index (χ1) is 16.4. The quantitative estimate of drug-likeness (QED) is 0.340. The Morgan fingerprint density at radius 3 is 2.50 bits per heavy atom. The molecule has 0 spiro atoms. The van der Waals surface area contributed by atoms with Crippen LogP contribution in [0.3, 0.4) is 0 Å². The summed E-state index contributed by atoms with van der Waals surface area (Å²) in [5.41, 5.74) is 3.55. The third-order valence-corrected chi connectivity index (χ3v) is 7.79. The number of anilines is 1. The normalized spacial score (nSPS) is 11.2. The zero-order valence-electron chi connectivity index (χ0n) is 18.6. The Bertz CT molecular complexity index is 1370. The van der Waals surface area contributed by atoms with Crippen LogP contribution in [-0.4, -0.2) is 25.1 Å². The molecular weight excluding hydrogens is 468 g/mol. The molecule has 0 aliphatic rings. The van der Waals surface area contributed by atoms with Crippen LogP contribution in [0.15, 0.2) is 89.3 Å². The van der Waals surface area contributed by atoms with E-state index < -0.39 is 9.84 Å². The summed E-state index contributed by atoms with van der Waals surface area (Å²) in [7, 11) is -3.25. The number of aromatic nitrogens is 1. The van der Waals surface area contributed by atoms with Gasteiger partial charge in [-0.25, -0.2) is 13.4 Å². The van der Waals surface area contributed by atoms with Crippen molar-refractivity contribution in [2.24, 2.45) is 0 Å². The summed E-state index contributed by atoms with van der Waals surface area (Å²) in [6.07, 6.45) is 1.84. The Hall–Kier alpha value is -3.49. The molecule has 1 amide bonds. The zero-order chi connectivity index (χ0) is 24.0. The molecule has 0 fully saturated rings. The highest BCUT2D eigenvalue weighted by molar-refractivity contribution is 7.91. The number of carbonyl (C=O) groups is 1. The zero-order valence-corrected chi connectivity index (χ0v) is 20.2. The van der Waals surface area contributed by atoms with Crippen molar-refractivity contribution in [1.82, 2.24) is 4.98 Å². The number of thiophene rings is 1. The second-order valence-electron chi connectivity index (χ2n) is 7.60. The Morgan fingerprint density at radius 1 is 1.00 bits per heavy atom. The molecule has 1 N–H and O–H groups in total. The van der Waals surface area contributed by atoms with Crippen molar-refractivity contribution < 1.29 is 17.9 Å². The molecule has 4 aromatic rings. The maximum atomic E-state index is 12.5. The lowest BCUT2D eigenvalue weighted by atomic mass is 10.1. The van der Waals surface area contributed by atoms with Crippen LogP contribution in [0.1, 0.15) is 18.1 Å². The van der Waals surface area contributed by atoms with Gasteiger partial charge in [-0.05, 0) is 47.0 Å². The Morgan fingerprint density at radius 2 is 1.76 bits per heavy atom. The Labute approximate surface area is 203 Å². The first kappa shape index (κ1) is 23.7. The maximum Gasteiger partial charge on any atom is 0.229 e. The molecule has 0 saturated heterocycles. The molecule has 2 aromatic carbocycles. The van der Waals surface area contributed by atoms with Crippen LogP contribution in [0.4, 0.5) is 5.00 Å². The van der Waals surface area contributed by atoms with Crippen molar-refractivity contribution in [3.05, 3.63) is 95.5 Å². The summed E-state index contributed by atoms with van der Waals surface area (Å²) in [6.45, 7) is 2.02. The van der Waals surface area contributed by atoms with Crippen molar-refractivity contribution in [2.75, 3.05) is 11.1 Å². The number of hydrogen-bond acceptors (Lipinski definition) is 6. The Balaban J connectivity index is 1.40. The molecule has 0 saturated carbocycles. The predicted octanol–water partition coefficient (Wildman–Crippen LogP) is 5.36. The van der Waals surface area contributed by atoms with Gasteiger partial charge in [-0.2, -0.15) is 0 Å². The second-order valence-corrected chi connectivity index (χ2v) is 10.8. The van der Waals surface area contributed by atoms with Crippen LogP contribution >= 0.6 is 11.3 Å². The molecule has 0 aliphatic heterocycles. The summed E-state index contributed by atoms with van der Waals surface area (Å²) in [5, 5.41) is 5.58. The summed E-state index contributed by atoms with van der Waals surface area (Å²) < 4.78 is 29.8. The molecular formula is C26H24N2O4S2. The molecule has 2 heterocycles.